The average molecular weight is 371 g/mol. The third kappa shape index (κ3) is 3.23. The molecular formula is C14H11FINO2. The van der Waals surface area contributed by atoms with Crippen LogP contribution in [-0.4, -0.2) is 5.97 Å². The maximum atomic E-state index is 12.0. The number of anilines is 2. The van der Waals surface area contributed by atoms with E-state index < -0.39 is 5.97 Å². The Labute approximate surface area is 123 Å². The standard InChI is InChI=1S/C14H11FINO2/c1-9-8-10(16)6-7-12(9)17-13-5-3-2-4-11(13)14(18)19-15/h2-8,17H,1H3. The third-order valence-electron chi connectivity index (χ3n) is 2.67. The van der Waals surface area contributed by atoms with Gasteiger partial charge in [0.2, 0.25) is 0 Å². The quantitative estimate of drug-likeness (QED) is 0.814. The summed E-state index contributed by atoms with van der Waals surface area (Å²) in [6.07, 6.45) is 0. The van der Waals surface area contributed by atoms with Gasteiger partial charge in [0.1, 0.15) is 0 Å². The molecule has 0 aliphatic carbocycles. The molecule has 2 rings (SSSR count). The lowest BCUT2D eigenvalue weighted by molar-refractivity contribution is -0.0787. The molecule has 0 aromatic heterocycles. The molecule has 19 heavy (non-hydrogen) atoms. The first-order valence-electron chi connectivity index (χ1n) is 5.57. The van der Waals surface area contributed by atoms with E-state index in [0.29, 0.717) is 5.69 Å². The molecule has 0 bridgehead atoms. The number of aryl methyl sites for hydroxylation is 1. The van der Waals surface area contributed by atoms with Crippen molar-refractivity contribution in [3.63, 3.8) is 0 Å². The van der Waals surface area contributed by atoms with Crippen LogP contribution in [0.3, 0.4) is 0 Å². The summed E-state index contributed by atoms with van der Waals surface area (Å²) in [5.41, 5.74) is 2.56. The number of para-hydroxylation sites is 1. The molecule has 0 aliphatic heterocycles. The van der Waals surface area contributed by atoms with Gasteiger partial charge in [-0.3, -0.25) is 0 Å². The number of carbonyl (C=O) groups is 1. The number of carbonyl (C=O) groups excluding carboxylic acids is 1. The summed E-state index contributed by atoms with van der Waals surface area (Å²) in [7, 11) is 0. The van der Waals surface area contributed by atoms with Crippen molar-refractivity contribution in [1.29, 1.82) is 0 Å². The van der Waals surface area contributed by atoms with Gasteiger partial charge < -0.3 is 5.32 Å². The summed E-state index contributed by atoms with van der Waals surface area (Å²) < 4.78 is 13.2. The molecule has 3 nitrogen and oxygen atoms in total. The summed E-state index contributed by atoms with van der Waals surface area (Å²) in [6, 6.07) is 12.5. The van der Waals surface area contributed by atoms with Crippen LogP contribution in [0.15, 0.2) is 42.5 Å². The van der Waals surface area contributed by atoms with Crippen LogP contribution in [0.4, 0.5) is 15.9 Å². The lowest BCUT2D eigenvalue weighted by Crippen LogP contribution is -2.04. The van der Waals surface area contributed by atoms with E-state index in [1.807, 2.05) is 25.1 Å². The van der Waals surface area contributed by atoms with E-state index in [2.05, 4.69) is 32.8 Å². The molecule has 2 aromatic rings. The highest BCUT2D eigenvalue weighted by atomic mass is 127. The minimum absolute atomic E-state index is 0.156. The van der Waals surface area contributed by atoms with Gasteiger partial charge >= 0.3 is 5.97 Å². The summed E-state index contributed by atoms with van der Waals surface area (Å²) in [5.74, 6) is -1.01. The van der Waals surface area contributed by atoms with Gasteiger partial charge in [-0.2, -0.15) is 0 Å². The van der Waals surface area contributed by atoms with Gasteiger partial charge in [0.25, 0.3) is 0 Å². The SMILES string of the molecule is Cc1cc(I)ccc1Nc1ccccc1C(=O)OF. The molecular weight excluding hydrogens is 360 g/mol. The number of benzene rings is 2. The van der Waals surface area contributed by atoms with E-state index in [0.717, 1.165) is 14.8 Å². The molecule has 98 valence electrons. The highest BCUT2D eigenvalue weighted by Gasteiger charge is 2.13. The van der Waals surface area contributed by atoms with Gasteiger partial charge in [0.15, 0.2) is 0 Å². The largest absolute Gasteiger partial charge is 0.381 e. The number of rotatable bonds is 3. The highest BCUT2D eigenvalue weighted by Crippen LogP contribution is 2.25. The second-order valence-electron chi connectivity index (χ2n) is 3.99. The van der Waals surface area contributed by atoms with E-state index in [4.69, 9.17) is 0 Å². The van der Waals surface area contributed by atoms with Gasteiger partial charge in [-0.15, -0.1) is 0 Å². The molecule has 0 fully saturated rings. The second kappa shape index (κ2) is 6.01. The molecule has 0 radical (unpaired) electrons. The first-order valence-corrected chi connectivity index (χ1v) is 6.65. The normalized spacial score (nSPS) is 10.1. The first-order chi connectivity index (χ1) is 9.11. The Morgan fingerprint density at radius 1 is 1.21 bits per heavy atom. The minimum atomic E-state index is -1.01. The van der Waals surface area contributed by atoms with Crippen LogP contribution in [-0.2, 0) is 4.94 Å². The first kappa shape index (κ1) is 13.8. The minimum Gasteiger partial charge on any atom is -0.355 e. The third-order valence-corrected chi connectivity index (χ3v) is 3.35. The predicted octanol–water partition coefficient (Wildman–Crippen LogP) is 4.38. The second-order valence-corrected chi connectivity index (χ2v) is 5.24. The van der Waals surface area contributed by atoms with Crippen LogP contribution < -0.4 is 5.32 Å². The van der Waals surface area contributed by atoms with Crippen LogP contribution >= 0.6 is 22.6 Å². The fourth-order valence-electron chi connectivity index (χ4n) is 1.72. The van der Waals surface area contributed by atoms with Crippen LogP contribution in [0.5, 0.6) is 0 Å². The van der Waals surface area contributed by atoms with Crippen molar-refractivity contribution < 1.29 is 14.3 Å². The average Bonchev–Trinajstić information content (AvgIpc) is 2.41. The van der Waals surface area contributed by atoms with Crippen molar-refractivity contribution in [2.75, 3.05) is 5.32 Å². The van der Waals surface area contributed by atoms with Crippen LogP contribution in [0, 0.1) is 10.5 Å². The number of nitrogens with one attached hydrogen (secondary N) is 1. The molecule has 5 heteroatoms. The zero-order valence-corrected chi connectivity index (χ0v) is 12.3. The van der Waals surface area contributed by atoms with Crippen molar-refractivity contribution in [3.05, 3.63) is 57.2 Å². The number of hydrogen-bond donors (Lipinski definition) is 1. The lowest BCUT2D eigenvalue weighted by atomic mass is 10.1. The highest BCUT2D eigenvalue weighted by molar-refractivity contribution is 14.1. The Balaban J connectivity index is 2.35. The lowest BCUT2D eigenvalue weighted by Gasteiger charge is -2.12. The van der Waals surface area contributed by atoms with E-state index in [1.165, 1.54) is 6.07 Å². The van der Waals surface area contributed by atoms with Crippen LogP contribution in [0.1, 0.15) is 15.9 Å². The smallest absolute Gasteiger partial charge is 0.355 e. The zero-order valence-electron chi connectivity index (χ0n) is 10.1. The van der Waals surface area contributed by atoms with E-state index in [1.54, 1.807) is 18.2 Å². The van der Waals surface area contributed by atoms with Crippen LogP contribution in [0.25, 0.3) is 0 Å². The van der Waals surface area contributed by atoms with Crippen molar-refractivity contribution >= 4 is 39.9 Å². The summed E-state index contributed by atoms with van der Waals surface area (Å²) >= 11 is 2.22. The van der Waals surface area contributed by atoms with Gasteiger partial charge in [-0.05, 0) is 65.4 Å². The molecule has 0 aliphatic rings. The Morgan fingerprint density at radius 3 is 2.63 bits per heavy atom. The maximum absolute atomic E-state index is 12.0. The number of halogens is 2. The summed E-state index contributed by atoms with van der Waals surface area (Å²) in [4.78, 5) is 14.6. The molecule has 0 saturated carbocycles. The molecule has 0 spiro atoms. The van der Waals surface area contributed by atoms with Crippen molar-refractivity contribution in [2.45, 2.75) is 6.92 Å². The monoisotopic (exact) mass is 371 g/mol. The van der Waals surface area contributed by atoms with Gasteiger partial charge in [0, 0.05) is 13.8 Å². The Kier molecular flexibility index (Phi) is 4.36. The Bertz CT molecular complexity index is 616. The molecule has 0 atom stereocenters. The van der Waals surface area contributed by atoms with Crippen molar-refractivity contribution in [3.8, 4) is 0 Å². The van der Waals surface area contributed by atoms with Gasteiger partial charge in [-0.1, -0.05) is 12.1 Å². The molecule has 0 unspecified atom stereocenters. The predicted molar refractivity (Wildman–Crippen MR) is 80.1 cm³/mol. The summed E-state index contributed by atoms with van der Waals surface area (Å²) in [5, 5.41) is 3.11. The zero-order chi connectivity index (χ0) is 13.8. The van der Waals surface area contributed by atoms with E-state index in [9.17, 15) is 9.32 Å². The molecule has 2 aromatic carbocycles. The van der Waals surface area contributed by atoms with Crippen molar-refractivity contribution in [1.82, 2.24) is 0 Å². The summed E-state index contributed by atoms with van der Waals surface area (Å²) in [6.45, 7) is 1.96. The number of hydrogen-bond acceptors (Lipinski definition) is 3. The van der Waals surface area contributed by atoms with Gasteiger partial charge in [-0.25, -0.2) is 9.74 Å². The van der Waals surface area contributed by atoms with Crippen molar-refractivity contribution in [2.24, 2.45) is 0 Å². The van der Waals surface area contributed by atoms with Gasteiger partial charge in [0.05, 0.1) is 11.3 Å². The topological polar surface area (TPSA) is 38.3 Å². The molecule has 1 N–H and O–H groups in total. The van der Waals surface area contributed by atoms with Crippen LogP contribution in [0.2, 0.25) is 0 Å². The fourth-order valence-corrected chi connectivity index (χ4v) is 2.37. The maximum Gasteiger partial charge on any atom is 0.381 e. The fraction of sp³-hybridized carbons (Fsp3) is 0.0714. The van der Waals surface area contributed by atoms with E-state index in [-0.39, 0.29) is 5.56 Å². The molecule has 0 amide bonds. The van der Waals surface area contributed by atoms with E-state index >= 15 is 0 Å². The molecule has 0 heterocycles. The Hall–Kier alpha value is -1.63. The molecule has 0 saturated heterocycles. The Morgan fingerprint density at radius 2 is 1.95 bits per heavy atom.